The molecular weight excluding hydrogens is 242 g/mol. The summed E-state index contributed by atoms with van der Waals surface area (Å²) in [6.07, 6.45) is 1.40. The lowest BCUT2D eigenvalue weighted by molar-refractivity contribution is -0.200. The zero-order chi connectivity index (χ0) is 13.3. The molecule has 0 radical (unpaired) electrons. The average Bonchev–Trinajstić information content (AvgIpc) is 2.70. The Morgan fingerprint density at radius 3 is 2.56 bits per heavy atom. The fourth-order valence-electron chi connectivity index (χ4n) is 2.73. The number of carbonyl (C=O) groups is 1. The second-order valence-electron chi connectivity index (χ2n) is 5.25. The van der Waals surface area contributed by atoms with Crippen LogP contribution >= 0.6 is 0 Å². The van der Waals surface area contributed by atoms with E-state index in [4.69, 9.17) is 0 Å². The van der Waals surface area contributed by atoms with Gasteiger partial charge >= 0.3 is 6.61 Å². The SMILES string of the molecule is CC(C)N1CCCC1C(=O)N1CC(OC(F)F)C1. The number of nitrogens with zero attached hydrogens (tertiary/aromatic N) is 2. The first-order valence-electron chi connectivity index (χ1n) is 6.47. The van der Waals surface area contributed by atoms with Crippen LogP contribution in [-0.4, -0.2) is 60.1 Å². The first kappa shape index (κ1) is 13.7. The summed E-state index contributed by atoms with van der Waals surface area (Å²) >= 11 is 0. The van der Waals surface area contributed by atoms with Crippen molar-refractivity contribution in [3.63, 3.8) is 0 Å². The van der Waals surface area contributed by atoms with Crippen LogP contribution < -0.4 is 0 Å². The largest absolute Gasteiger partial charge is 0.345 e. The molecule has 1 atom stereocenters. The minimum Gasteiger partial charge on any atom is -0.336 e. The average molecular weight is 262 g/mol. The van der Waals surface area contributed by atoms with Crippen molar-refractivity contribution in [1.29, 1.82) is 0 Å². The zero-order valence-electron chi connectivity index (χ0n) is 10.8. The van der Waals surface area contributed by atoms with E-state index in [0.29, 0.717) is 19.1 Å². The first-order chi connectivity index (χ1) is 8.49. The number of alkyl halides is 2. The summed E-state index contributed by atoms with van der Waals surface area (Å²) in [5, 5.41) is 0. The van der Waals surface area contributed by atoms with E-state index < -0.39 is 12.7 Å². The number of ether oxygens (including phenoxy) is 1. The molecule has 2 heterocycles. The summed E-state index contributed by atoms with van der Waals surface area (Å²) in [5.74, 6) is 0.0651. The highest BCUT2D eigenvalue weighted by Gasteiger charge is 2.40. The number of amides is 1. The van der Waals surface area contributed by atoms with Crippen molar-refractivity contribution in [3.8, 4) is 0 Å². The molecule has 2 fully saturated rings. The number of carbonyl (C=O) groups excluding carboxylic acids is 1. The molecule has 6 heteroatoms. The van der Waals surface area contributed by atoms with Gasteiger partial charge in [0.05, 0.1) is 12.1 Å². The van der Waals surface area contributed by atoms with Crippen LogP contribution in [0.15, 0.2) is 0 Å². The minimum absolute atomic E-state index is 0.0651. The van der Waals surface area contributed by atoms with Gasteiger partial charge in [-0.05, 0) is 33.2 Å². The highest BCUT2D eigenvalue weighted by atomic mass is 19.3. The van der Waals surface area contributed by atoms with Crippen LogP contribution in [0.2, 0.25) is 0 Å². The molecule has 0 N–H and O–H groups in total. The summed E-state index contributed by atoms with van der Waals surface area (Å²) in [7, 11) is 0. The second kappa shape index (κ2) is 5.48. The standard InChI is InChI=1S/C12H20F2N2O2/c1-8(2)16-5-3-4-10(16)11(17)15-6-9(7-15)18-12(13)14/h8-10,12H,3-7H2,1-2H3. The van der Waals surface area contributed by atoms with Gasteiger partial charge in [0, 0.05) is 19.1 Å². The summed E-state index contributed by atoms with van der Waals surface area (Å²) in [6, 6.07) is 0.272. The molecule has 0 aromatic heterocycles. The van der Waals surface area contributed by atoms with E-state index in [1.807, 2.05) is 0 Å². The van der Waals surface area contributed by atoms with Gasteiger partial charge in [-0.1, -0.05) is 0 Å². The summed E-state index contributed by atoms with van der Waals surface area (Å²) in [4.78, 5) is 16.0. The molecule has 1 unspecified atom stereocenters. The number of likely N-dealkylation sites (tertiary alicyclic amines) is 2. The molecule has 1 amide bonds. The van der Waals surface area contributed by atoms with Gasteiger partial charge in [-0.15, -0.1) is 0 Å². The Morgan fingerprint density at radius 1 is 1.33 bits per heavy atom. The summed E-state index contributed by atoms with van der Waals surface area (Å²) < 4.78 is 28.3. The van der Waals surface area contributed by atoms with Crippen LogP contribution in [-0.2, 0) is 9.53 Å². The van der Waals surface area contributed by atoms with Crippen LogP contribution in [0.1, 0.15) is 26.7 Å². The molecule has 0 bridgehead atoms. The molecule has 18 heavy (non-hydrogen) atoms. The summed E-state index contributed by atoms with van der Waals surface area (Å²) in [6.45, 7) is 2.94. The van der Waals surface area contributed by atoms with Gasteiger partial charge in [-0.3, -0.25) is 9.69 Å². The van der Waals surface area contributed by atoms with E-state index in [1.165, 1.54) is 0 Å². The van der Waals surface area contributed by atoms with E-state index >= 15 is 0 Å². The highest BCUT2D eigenvalue weighted by Crippen LogP contribution is 2.24. The molecule has 2 rings (SSSR count). The van der Waals surface area contributed by atoms with E-state index in [0.717, 1.165) is 19.4 Å². The smallest absolute Gasteiger partial charge is 0.336 e. The maximum atomic E-state index is 12.2. The number of rotatable bonds is 4. The van der Waals surface area contributed by atoms with E-state index in [2.05, 4.69) is 23.5 Å². The van der Waals surface area contributed by atoms with Gasteiger partial charge in [-0.2, -0.15) is 8.78 Å². The third kappa shape index (κ3) is 2.80. The van der Waals surface area contributed by atoms with Crippen molar-refractivity contribution in [2.45, 2.75) is 51.5 Å². The van der Waals surface area contributed by atoms with Crippen molar-refractivity contribution in [2.75, 3.05) is 19.6 Å². The molecule has 2 aliphatic rings. The zero-order valence-corrected chi connectivity index (χ0v) is 10.8. The third-order valence-corrected chi connectivity index (χ3v) is 3.70. The number of hydrogen-bond acceptors (Lipinski definition) is 3. The Balaban J connectivity index is 1.82. The number of hydrogen-bond donors (Lipinski definition) is 0. The van der Waals surface area contributed by atoms with Gasteiger partial charge in [0.2, 0.25) is 5.91 Å². The van der Waals surface area contributed by atoms with Crippen molar-refractivity contribution >= 4 is 5.91 Å². The van der Waals surface area contributed by atoms with Crippen molar-refractivity contribution in [1.82, 2.24) is 9.80 Å². The van der Waals surface area contributed by atoms with Gasteiger partial charge in [0.15, 0.2) is 0 Å². The molecule has 4 nitrogen and oxygen atoms in total. The number of halogens is 2. The quantitative estimate of drug-likeness (QED) is 0.766. The highest BCUT2D eigenvalue weighted by molar-refractivity contribution is 5.83. The maximum absolute atomic E-state index is 12.2. The van der Waals surface area contributed by atoms with Crippen LogP contribution in [0.5, 0.6) is 0 Å². The van der Waals surface area contributed by atoms with Crippen molar-refractivity contribution < 1.29 is 18.3 Å². The van der Waals surface area contributed by atoms with Crippen LogP contribution in [0.25, 0.3) is 0 Å². The van der Waals surface area contributed by atoms with Crippen LogP contribution in [0, 0.1) is 0 Å². The molecule has 104 valence electrons. The van der Waals surface area contributed by atoms with Gasteiger partial charge < -0.3 is 9.64 Å². The second-order valence-corrected chi connectivity index (χ2v) is 5.25. The normalized spacial score (nSPS) is 26.1. The molecule has 2 aliphatic heterocycles. The van der Waals surface area contributed by atoms with Gasteiger partial charge in [0.25, 0.3) is 0 Å². The van der Waals surface area contributed by atoms with E-state index in [9.17, 15) is 13.6 Å². The van der Waals surface area contributed by atoms with Crippen LogP contribution in [0.4, 0.5) is 8.78 Å². The molecular formula is C12H20F2N2O2. The van der Waals surface area contributed by atoms with E-state index in [1.54, 1.807) is 4.90 Å². The lowest BCUT2D eigenvalue weighted by Gasteiger charge is -2.41. The molecule has 0 spiro atoms. The third-order valence-electron chi connectivity index (χ3n) is 3.70. The fraction of sp³-hybridized carbons (Fsp3) is 0.917. The van der Waals surface area contributed by atoms with Crippen molar-refractivity contribution in [3.05, 3.63) is 0 Å². The predicted octanol–water partition coefficient (Wildman–Crippen LogP) is 1.31. The monoisotopic (exact) mass is 262 g/mol. The Morgan fingerprint density at radius 2 is 2.00 bits per heavy atom. The topological polar surface area (TPSA) is 32.8 Å². The lowest BCUT2D eigenvalue weighted by atomic mass is 10.1. The molecule has 2 saturated heterocycles. The maximum Gasteiger partial charge on any atom is 0.345 e. The van der Waals surface area contributed by atoms with E-state index in [-0.39, 0.29) is 11.9 Å². The molecule has 0 saturated carbocycles. The van der Waals surface area contributed by atoms with Gasteiger partial charge in [-0.25, -0.2) is 0 Å². The Labute approximate surface area is 106 Å². The van der Waals surface area contributed by atoms with Crippen molar-refractivity contribution in [2.24, 2.45) is 0 Å². The summed E-state index contributed by atoms with van der Waals surface area (Å²) in [5.41, 5.74) is 0. The fourth-order valence-corrected chi connectivity index (χ4v) is 2.73. The lowest BCUT2D eigenvalue weighted by Crippen LogP contribution is -2.59. The molecule has 0 aromatic carbocycles. The molecule has 0 aliphatic carbocycles. The van der Waals surface area contributed by atoms with Gasteiger partial charge in [0.1, 0.15) is 0 Å². The minimum atomic E-state index is -2.74. The Kier molecular flexibility index (Phi) is 4.17. The molecule has 0 aromatic rings. The predicted molar refractivity (Wildman–Crippen MR) is 62.3 cm³/mol. The Bertz CT molecular complexity index is 306. The first-order valence-corrected chi connectivity index (χ1v) is 6.47. The van der Waals surface area contributed by atoms with Crippen LogP contribution in [0.3, 0.4) is 0 Å². The Hall–Kier alpha value is -0.750.